The maximum absolute atomic E-state index is 11.9. The van der Waals surface area contributed by atoms with Gasteiger partial charge in [-0.3, -0.25) is 14.3 Å². The summed E-state index contributed by atoms with van der Waals surface area (Å²) in [5.74, 6) is 0. The second-order valence-electron chi connectivity index (χ2n) is 5.05. The predicted molar refractivity (Wildman–Crippen MR) is 74.7 cm³/mol. The molecular weight excluding hydrogens is 296 g/mol. The van der Waals surface area contributed by atoms with Gasteiger partial charge in [0.25, 0.3) is 5.56 Å². The van der Waals surface area contributed by atoms with Gasteiger partial charge in [-0.2, -0.15) is 0 Å². The van der Waals surface area contributed by atoms with Crippen molar-refractivity contribution in [3.05, 3.63) is 32.6 Å². The summed E-state index contributed by atoms with van der Waals surface area (Å²) in [6.45, 7) is 1.70. The summed E-state index contributed by atoms with van der Waals surface area (Å²) in [7, 11) is 1.51. The summed E-state index contributed by atoms with van der Waals surface area (Å²) in [6, 6.07) is 0. The van der Waals surface area contributed by atoms with E-state index in [1.807, 2.05) is 0 Å². The Bertz CT molecular complexity index is 611. The van der Waals surface area contributed by atoms with Crippen LogP contribution >= 0.6 is 0 Å². The lowest BCUT2D eigenvalue weighted by atomic mass is 10.1. The lowest BCUT2D eigenvalue weighted by molar-refractivity contribution is -0.0686. The van der Waals surface area contributed by atoms with Gasteiger partial charge in [0, 0.05) is 18.9 Å². The van der Waals surface area contributed by atoms with E-state index >= 15 is 0 Å². The van der Waals surface area contributed by atoms with Crippen LogP contribution in [0.1, 0.15) is 11.8 Å². The van der Waals surface area contributed by atoms with Crippen molar-refractivity contribution in [3.63, 3.8) is 0 Å². The number of hydrogen-bond acceptors (Lipinski definition) is 7. The molecule has 1 aromatic heterocycles. The zero-order valence-electron chi connectivity index (χ0n) is 12.4. The van der Waals surface area contributed by atoms with Crippen LogP contribution in [0.15, 0.2) is 15.8 Å². The van der Waals surface area contributed by atoms with Gasteiger partial charge < -0.3 is 24.4 Å². The van der Waals surface area contributed by atoms with Crippen LogP contribution in [0.5, 0.6) is 0 Å². The Morgan fingerprint density at radius 3 is 2.77 bits per heavy atom. The van der Waals surface area contributed by atoms with Crippen LogP contribution in [-0.2, 0) is 14.2 Å². The first-order valence-electron chi connectivity index (χ1n) is 6.86. The molecule has 0 aromatic carbocycles. The molecule has 1 saturated heterocycles. The smallest absolute Gasteiger partial charge is 0.330 e. The number of methoxy groups -OCH3 is 1. The SMILES string of the molecule is COCCOC1C(O)[C@@H](n2cc(C)c(=O)[nH]c2=O)O[C@H]1CO. The number of aryl methyl sites for hydroxylation is 1. The van der Waals surface area contributed by atoms with Gasteiger partial charge >= 0.3 is 5.69 Å². The molecule has 1 aliphatic heterocycles. The molecule has 0 saturated carbocycles. The van der Waals surface area contributed by atoms with Gasteiger partial charge in [0.1, 0.15) is 18.3 Å². The Morgan fingerprint density at radius 1 is 1.41 bits per heavy atom. The quantitative estimate of drug-likeness (QED) is 0.525. The number of nitrogens with one attached hydrogen (secondary N) is 1. The Labute approximate surface area is 126 Å². The van der Waals surface area contributed by atoms with Crippen molar-refractivity contribution < 1.29 is 24.4 Å². The maximum atomic E-state index is 11.9. The fourth-order valence-corrected chi connectivity index (χ4v) is 2.34. The molecule has 9 heteroatoms. The number of aliphatic hydroxyl groups is 2. The van der Waals surface area contributed by atoms with Gasteiger partial charge in [-0.05, 0) is 6.92 Å². The fraction of sp³-hybridized carbons (Fsp3) is 0.692. The summed E-state index contributed by atoms with van der Waals surface area (Å²) in [5.41, 5.74) is -0.895. The van der Waals surface area contributed by atoms with E-state index in [4.69, 9.17) is 14.2 Å². The van der Waals surface area contributed by atoms with Gasteiger partial charge in [0.2, 0.25) is 0 Å². The van der Waals surface area contributed by atoms with Gasteiger partial charge in [0.05, 0.1) is 19.8 Å². The van der Waals surface area contributed by atoms with E-state index in [1.165, 1.54) is 20.2 Å². The molecule has 0 radical (unpaired) electrons. The number of aromatic nitrogens is 2. The Balaban J connectivity index is 2.24. The molecule has 0 spiro atoms. The highest BCUT2D eigenvalue weighted by atomic mass is 16.6. The van der Waals surface area contributed by atoms with Crippen LogP contribution in [0, 0.1) is 6.92 Å². The number of nitrogens with zero attached hydrogens (tertiary/aromatic N) is 1. The minimum Gasteiger partial charge on any atom is -0.394 e. The highest BCUT2D eigenvalue weighted by molar-refractivity contribution is 5.03. The molecule has 9 nitrogen and oxygen atoms in total. The number of aromatic amines is 1. The Kier molecular flexibility index (Phi) is 5.48. The third-order valence-electron chi connectivity index (χ3n) is 3.51. The third kappa shape index (κ3) is 3.28. The summed E-state index contributed by atoms with van der Waals surface area (Å²) in [4.78, 5) is 25.4. The van der Waals surface area contributed by atoms with E-state index in [0.717, 1.165) is 4.57 Å². The van der Waals surface area contributed by atoms with Crippen molar-refractivity contribution in [2.45, 2.75) is 31.5 Å². The van der Waals surface area contributed by atoms with Gasteiger partial charge in [0.15, 0.2) is 6.23 Å². The molecule has 4 atom stereocenters. The van der Waals surface area contributed by atoms with Crippen molar-refractivity contribution in [1.29, 1.82) is 0 Å². The summed E-state index contributed by atoms with van der Waals surface area (Å²) >= 11 is 0. The summed E-state index contributed by atoms with van der Waals surface area (Å²) in [6.07, 6.45) is -2.49. The Hall–Kier alpha value is -1.52. The predicted octanol–water partition coefficient (Wildman–Crippen LogP) is -1.87. The topological polar surface area (TPSA) is 123 Å². The molecule has 124 valence electrons. The summed E-state index contributed by atoms with van der Waals surface area (Å²) < 4.78 is 16.9. The minimum atomic E-state index is -1.17. The zero-order chi connectivity index (χ0) is 16.3. The van der Waals surface area contributed by atoms with Gasteiger partial charge in [-0.15, -0.1) is 0 Å². The molecule has 2 unspecified atom stereocenters. The molecule has 0 amide bonds. The van der Waals surface area contributed by atoms with Crippen LogP contribution < -0.4 is 11.2 Å². The molecule has 22 heavy (non-hydrogen) atoms. The minimum absolute atomic E-state index is 0.213. The largest absolute Gasteiger partial charge is 0.394 e. The van der Waals surface area contributed by atoms with E-state index in [1.54, 1.807) is 0 Å². The molecule has 3 N–H and O–H groups in total. The molecule has 2 rings (SSSR count). The van der Waals surface area contributed by atoms with Crippen LogP contribution in [0.25, 0.3) is 0 Å². The Morgan fingerprint density at radius 2 is 2.14 bits per heavy atom. The fourth-order valence-electron chi connectivity index (χ4n) is 2.34. The van der Waals surface area contributed by atoms with E-state index in [2.05, 4.69) is 4.98 Å². The number of rotatable bonds is 6. The molecule has 0 bridgehead atoms. The van der Waals surface area contributed by atoms with Crippen LogP contribution in [0.3, 0.4) is 0 Å². The second-order valence-corrected chi connectivity index (χ2v) is 5.05. The summed E-state index contributed by atoms with van der Waals surface area (Å²) in [5, 5.41) is 19.7. The molecule has 1 aliphatic rings. The third-order valence-corrected chi connectivity index (χ3v) is 3.51. The molecule has 1 fully saturated rings. The number of ether oxygens (including phenoxy) is 3. The molecule has 0 aliphatic carbocycles. The highest BCUT2D eigenvalue weighted by Crippen LogP contribution is 2.30. The number of aliphatic hydroxyl groups excluding tert-OH is 2. The van der Waals surface area contributed by atoms with Crippen LogP contribution in [0.4, 0.5) is 0 Å². The van der Waals surface area contributed by atoms with Gasteiger partial charge in [-0.1, -0.05) is 0 Å². The normalized spacial score (nSPS) is 28.2. The molecular formula is C13H20N2O7. The lowest BCUT2D eigenvalue weighted by Crippen LogP contribution is -2.40. The standard InChI is InChI=1S/C13H20N2O7/c1-7-5-15(13(19)14-11(7)18)12-9(17)10(8(6-16)22-12)21-4-3-20-2/h5,8-10,12,16-17H,3-4,6H2,1-2H3,(H,14,18,19)/t8-,9?,10?,12-/m0/s1. The second kappa shape index (κ2) is 7.16. The van der Waals surface area contributed by atoms with Crippen LogP contribution in [-0.4, -0.2) is 65.0 Å². The monoisotopic (exact) mass is 316 g/mol. The van der Waals surface area contributed by atoms with Crippen molar-refractivity contribution in [2.24, 2.45) is 0 Å². The van der Waals surface area contributed by atoms with Gasteiger partial charge in [-0.25, -0.2) is 4.79 Å². The van der Waals surface area contributed by atoms with Crippen molar-refractivity contribution in [2.75, 3.05) is 26.9 Å². The maximum Gasteiger partial charge on any atom is 0.330 e. The first kappa shape index (κ1) is 16.8. The van der Waals surface area contributed by atoms with Crippen molar-refractivity contribution >= 4 is 0 Å². The molecule has 1 aromatic rings. The van der Waals surface area contributed by atoms with Crippen LogP contribution in [0.2, 0.25) is 0 Å². The van der Waals surface area contributed by atoms with E-state index in [9.17, 15) is 19.8 Å². The van der Waals surface area contributed by atoms with E-state index in [-0.39, 0.29) is 13.2 Å². The zero-order valence-corrected chi connectivity index (χ0v) is 12.4. The van der Waals surface area contributed by atoms with Crippen molar-refractivity contribution in [3.8, 4) is 0 Å². The van der Waals surface area contributed by atoms with E-state index < -0.39 is 35.8 Å². The highest BCUT2D eigenvalue weighted by Gasteiger charge is 2.45. The number of hydrogen-bond donors (Lipinski definition) is 3. The lowest BCUT2D eigenvalue weighted by Gasteiger charge is -2.20. The first-order valence-corrected chi connectivity index (χ1v) is 6.86. The average molecular weight is 316 g/mol. The van der Waals surface area contributed by atoms with Crippen molar-refractivity contribution in [1.82, 2.24) is 9.55 Å². The number of H-pyrrole nitrogens is 1. The first-order chi connectivity index (χ1) is 10.5. The van der Waals surface area contributed by atoms with E-state index in [0.29, 0.717) is 12.2 Å². The molecule has 2 heterocycles. The average Bonchev–Trinajstić information content (AvgIpc) is 2.80.